The van der Waals surface area contributed by atoms with Gasteiger partial charge in [0.1, 0.15) is 0 Å². The molecule has 2 aliphatic rings. The lowest BCUT2D eigenvalue weighted by atomic mass is 10.1. The van der Waals surface area contributed by atoms with E-state index in [1.165, 1.54) is 5.56 Å². The number of benzene rings is 1. The third kappa shape index (κ3) is 2.59. The van der Waals surface area contributed by atoms with Crippen molar-refractivity contribution in [3.8, 4) is 0 Å². The van der Waals surface area contributed by atoms with E-state index in [1.807, 2.05) is 10.6 Å². The minimum atomic E-state index is 0.185. The fraction of sp³-hybridized carbons (Fsp3) is 0.412. The molecule has 4 rings (SSSR count). The van der Waals surface area contributed by atoms with Gasteiger partial charge in [0.25, 0.3) is 5.56 Å². The zero-order valence-corrected chi connectivity index (χ0v) is 13.3. The van der Waals surface area contributed by atoms with Crippen LogP contribution in [-0.2, 0) is 26.1 Å². The van der Waals surface area contributed by atoms with E-state index in [2.05, 4.69) is 29.2 Å². The maximum atomic E-state index is 12.7. The van der Waals surface area contributed by atoms with E-state index in [0.717, 1.165) is 61.2 Å². The number of rotatable bonds is 2. The van der Waals surface area contributed by atoms with E-state index in [1.54, 1.807) is 11.8 Å². The molecule has 114 valence electrons. The van der Waals surface area contributed by atoms with Crippen molar-refractivity contribution in [2.45, 2.75) is 37.6 Å². The molecule has 0 saturated heterocycles. The lowest BCUT2D eigenvalue weighted by molar-refractivity contribution is 0.239. The van der Waals surface area contributed by atoms with E-state index >= 15 is 0 Å². The second-order valence-corrected chi connectivity index (χ2v) is 6.99. The van der Waals surface area contributed by atoms with Crippen molar-refractivity contribution in [1.29, 1.82) is 0 Å². The number of fused-ring (bicyclic) bond motifs is 2. The van der Waals surface area contributed by atoms with Gasteiger partial charge >= 0.3 is 0 Å². The first-order valence-corrected chi connectivity index (χ1v) is 8.81. The summed E-state index contributed by atoms with van der Waals surface area (Å²) in [5, 5.41) is 0.923. The monoisotopic (exact) mass is 313 g/mol. The van der Waals surface area contributed by atoms with Crippen LogP contribution in [0.4, 0.5) is 0 Å². The van der Waals surface area contributed by atoms with Gasteiger partial charge in [0, 0.05) is 38.4 Å². The Hall–Kier alpha value is -1.59. The van der Waals surface area contributed by atoms with E-state index in [0.29, 0.717) is 0 Å². The highest BCUT2D eigenvalue weighted by Crippen LogP contribution is 2.24. The number of hydrogen-bond acceptors (Lipinski definition) is 4. The molecule has 0 N–H and O–H groups in total. The van der Waals surface area contributed by atoms with Crippen molar-refractivity contribution >= 4 is 11.8 Å². The first-order valence-electron chi connectivity index (χ1n) is 7.83. The van der Waals surface area contributed by atoms with Crippen molar-refractivity contribution in [2.24, 2.45) is 0 Å². The smallest absolute Gasteiger partial charge is 0.258 e. The summed E-state index contributed by atoms with van der Waals surface area (Å²) in [7, 11) is 0. The molecule has 22 heavy (non-hydrogen) atoms. The van der Waals surface area contributed by atoms with Crippen LogP contribution in [-0.4, -0.2) is 26.7 Å². The summed E-state index contributed by atoms with van der Waals surface area (Å²) in [5.74, 6) is 1.07. The standard InChI is InChI=1S/C17H19N3OS/c21-16-14-12-19(11-13-5-2-1-3-6-13)9-7-15(14)18-17-20(16)8-4-10-22-17/h1-3,5-6H,4,7-12H2. The predicted molar refractivity (Wildman–Crippen MR) is 88.1 cm³/mol. The molecule has 0 bridgehead atoms. The lowest BCUT2D eigenvalue weighted by Crippen LogP contribution is -2.39. The van der Waals surface area contributed by atoms with Crippen LogP contribution in [0, 0.1) is 0 Å². The molecule has 0 unspecified atom stereocenters. The van der Waals surface area contributed by atoms with Gasteiger partial charge in [-0.15, -0.1) is 0 Å². The van der Waals surface area contributed by atoms with E-state index in [4.69, 9.17) is 4.98 Å². The molecule has 2 aromatic rings. The average Bonchev–Trinajstić information content (AvgIpc) is 2.57. The third-order valence-corrected chi connectivity index (χ3v) is 5.43. The fourth-order valence-corrected chi connectivity index (χ4v) is 4.18. The molecular formula is C17H19N3OS. The van der Waals surface area contributed by atoms with Gasteiger partial charge < -0.3 is 0 Å². The molecule has 4 nitrogen and oxygen atoms in total. The largest absolute Gasteiger partial charge is 0.294 e. The van der Waals surface area contributed by atoms with E-state index in [9.17, 15) is 4.79 Å². The molecule has 0 amide bonds. The third-order valence-electron chi connectivity index (χ3n) is 4.37. The molecular weight excluding hydrogens is 294 g/mol. The Balaban J connectivity index is 1.62. The number of nitrogens with zero attached hydrogens (tertiary/aromatic N) is 3. The maximum Gasteiger partial charge on any atom is 0.258 e. The van der Waals surface area contributed by atoms with Crippen LogP contribution in [0.15, 0.2) is 40.3 Å². The van der Waals surface area contributed by atoms with Crippen LogP contribution < -0.4 is 5.56 Å². The maximum absolute atomic E-state index is 12.7. The summed E-state index contributed by atoms with van der Waals surface area (Å²) >= 11 is 1.72. The Kier molecular flexibility index (Phi) is 3.76. The van der Waals surface area contributed by atoms with Gasteiger partial charge in [-0.3, -0.25) is 14.3 Å². The van der Waals surface area contributed by atoms with Crippen LogP contribution in [0.5, 0.6) is 0 Å². The molecule has 1 aromatic carbocycles. The predicted octanol–water partition coefficient (Wildman–Crippen LogP) is 2.30. The lowest BCUT2D eigenvalue weighted by Gasteiger charge is -2.29. The van der Waals surface area contributed by atoms with Crippen LogP contribution in [0.3, 0.4) is 0 Å². The second kappa shape index (κ2) is 5.89. The zero-order chi connectivity index (χ0) is 14.9. The normalized spacial score (nSPS) is 17.8. The Labute approximate surface area is 134 Å². The van der Waals surface area contributed by atoms with Crippen LogP contribution in [0.1, 0.15) is 23.2 Å². The topological polar surface area (TPSA) is 38.1 Å². The molecule has 1 aromatic heterocycles. The fourth-order valence-electron chi connectivity index (χ4n) is 3.22. The number of aromatic nitrogens is 2. The summed E-state index contributed by atoms with van der Waals surface area (Å²) in [5.41, 5.74) is 3.42. The van der Waals surface area contributed by atoms with Crippen LogP contribution in [0.2, 0.25) is 0 Å². The van der Waals surface area contributed by atoms with Crippen molar-refractivity contribution in [2.75, 3.05) is 12.3 Å². The van der Waals surface area contributed by atoms with Gasteiger partial charge in [0.15, 0.2) is 5.16 Å². The summed E-state index contributed by atoms with van der Waals surface area (Å²) < 4.78 is 1.87. The molecule has 0 fully saturated rings. The summed E-state index contributed by atoms with van der Waals surface area (Å²) in [6.07, 6.45) is 1.94. The van der Waals surface area contributed by atoms with Gasteiger partial charge in [-0.2, -0.15) is 0 Å². The molecule has 3 heterocycles. The summed E-state index contributed by atoms with van der Waals surface area (Å²) in [4.78, 5) is 19.8. The Morgan fingerprint density at radius 1 is 1.18 bits per heavy atom. The van der Waals surface area contributed by atoms with E-state index < -0.39 is 0 Å². The molecule has 0 atom stereocenters. The second-order valence-electron chi connectivity index (χ2n) is 5.92. The molecule has 0 spiro atoms. The highest BCUT2D eigenvalue weighted by atomic mass is 32.2. The Morgan fingerprint density at radius 3 is 2.91 bits per heavy atom. The summed E-state index contributed by atoms with van der Waals surface area (Å²) in [6.45, 7) is 3.42. The van der Waals surface area contributed by atoms with Gasteiger partial charge in [-0.05, 0) is 12.0 Å². The average molecular weight is 313 g/mol. The van der Waals surface area contributed by atoms with E-state index in [-0.39, 0.29) is 5.56 Å². The SMILES string of the molecule is O=c1c2c(nc3n1CCCS3)CCN(Cc1ccccc1)C2. The van der Waals surface area contributed by atoms with Crippen molar-refractivity contribution in [3.05, 3.63) is 57.5 Å². The van der Waals surface area contributed by atoms with Gasteiger partial charge in [-0.1, -0.05) is 42.1 Å². The zero-order valence-electron chi connectivity index (χ0n) is 12.5. The first-order chi connectivity index (χ1) is 10.8. The van der Waals surface area contributed by atoms with Gasteiger partial charge in [0.2, 0.25) is 0 Å². The van der Waals surface area contributed by atoms with Gasteiger partial charge in [-0.25, -0.2) is 4.98 Å². The van der Waals surface area contributed by atoms with Crippen molar-refractivity contribution in [3.63, 3.8) is 0 Å². The molecule has 0 saturated carbocycles. The van der Waals surface area contributed by atoms with Gasteiger partial charge in [0.05, 0.1) is 11.3 Å². The molecule has 5 heteroatoms. The number of hydrogen-bond donors (Lipinski definition) is 0. The highest BCUT2D eigenvalue weighted by Gasteiger charge is 2.24. The minimum Gasteiger partial charge on any atom is -0.294 e. The molecule has 0 radical (unpaired) electrons. The molecule has 2 aliphatic heterocycles. The summed E-state index contributed by atoms with van der Waals surface area (Å²) in [6, 6.07) is 10.5. The Morgan fingerprint density at radius 2 is 2.05 bits per heavy atom. The van der Waals surface area contributed by atoms with Crippen LogP contribution in [0.25, 0.3) is 0 Å². The quantitative estimate of drug-likeness (QED) is 0.798. The van der Waals surface area contributed by atoms with Crippen molar-refractivity contribution in [1.82, 2.24) is 14.5 Å². The first kappa shape index (κ1) is 14.0. The van der Waals surface area contributed by atoms with Crippen LogP contribution >= 0.6 is 11.8 Å². The van der Waals surface area contributed by atoms with Crippen molar-refractivity contribution < 1.29 is 0 Å². The number of thioether (sulfide) groups is 1. The Bertz CT molecular complexity index is 742. The molecule has 0 aliphatic carbocycles. The highest BCUT2D eigenvalue weighted by molar-refractivity contribution is 7.99. The minimum absolute atomic E-state index is 0.185.